The maximum atomic E-state index is 6.09. The molecule has 28 heavy (non-hydrogen) atoms. The molecule has 2 rings (SSSR count). The Bertz CT molecular complexity index is 596. The molecule has 0 aromatic heterocycles. The standard InChI is InChI=1S/C22H38N4O2/c1-5-23-22(24-12-13-26(6-2)7-3)25-16-19-11-10-18(4)15-21(19)28-17-20-9-8-14-27-20/h10-11,15,20H,5-9,12-14,16-17H2,1-4H3,(H2,23,24,25). The molecule has 158 valence electrons. The highest BCUT2D eigenvalue weighted by atomic mass is 16.5. The lowest BCUT2D eigenvalue weighted by Gasteiger charge is -2.19. The summed E-state index contributed by atoms with van der Waals surface area (Å²) in [5.41, 5.74) is 2.30. The van der Waals surface area contributed by atoms with Crippen molar-refractivity contribution in [2.24, 2.45) is 4.99 Å². The van der Waals surface area contributed by atoms with Gasteiger partial charge in [-0.15, -0.1) is 0 Å². The summed E-state index contributed by atoms with van der Waals surface area (Å²) in [5.74, 6) is 1.76. The van der Waals surface area contributed by atoms with Gasteiger partial charge in [0.1, 0.15) is 12.4 Å². The van der Waals surface area contributed by atoms with Gasteiger partial charge in [0.25, 0.3) is 0 Å². The molecule has 1 aliphatic heterocycles. The van der Waals surface area contributed by atoms with Crippen LogP contribution in [0, 0.1) is 6.92 Å². The number of nitrogens with zero attached hydrogens (tertiary/aromatic N) is 2. The van der Waals surface area contributed by atoms with Crippen LogP contribution in [0.5, 0.6) is 5.75 Å². The lowest BCUT2D eigenvalue weighted by molar-refractivity contribution is 0.0676. The largest absolute Gasteiger partial charge is 0.491 e. The summed E-state index contributed by atoms with van der Waals surface area (Å²) >= 11 is 0. The van der Waals surface area contributed by atoms with Gasteiger partial charge >= 0.3 is 0 Å². The molecule has 1 unspecified atom stereocenters. The van der Waals surface area contributed by atoms with Gasteiger partial charge < -0.3 is 25.0 Å². The molecule has 1 saturated heterocycles. The quantitative estimate of drug-likeness (QED) is 0.449. The van der Waals surface area contributed by atoms with E-state index in [4.69, 9.17) is 14.5 Å². The van der Waals surface area contributed by atoms with Gasteiger partial charge in [0.05, 0.1) is 12.6 Å². The Morgan fingerprint density at radius 1 is 1.25 bits per heavy atom. The summed E-state index contributed by atoms with van der Waals surface area (Å²) < 4.78 is 11.8. The Balaban J connectivity index is 1.95. The van der Waals surface area contributed by atoms with Crippen LogP contribution in [0.15, 0.2) is 23.2 Å². The molecule has 1 aromatic carbocycles. The number of ether oxygens (including phenoxy) is 2. The van der Waals surface area contributed by atoms with Crippen LogP contribution in [0.4, 0.5) is 0 Å². The van der Waals surface area contributed by atoms with Gasteiger partial charge in [-0.2, -0.15) is 0 Å². The number of aryl methyl sites for hydroxylation is 1. The zero-order valence-corrected chi connectivity index (χ0v) is 18.1. The minimum absolute atomic E-state index is 0.218. The third-order valence-electron chi connectivity index (χ3n) is 5.04. The van der Waals surface area contributed by atoms with Crippen LogP contribution >= 0.6 is 0 Å². The topological polar surface area (TPSA) is 58.1 Å². The van der Waals surface area contributed by atoms with Gasteiger partial charge in [-0.05, 0) is 51.4 Å². The van der Waals surface area contributed by atoms with Crippen molar-refractivity contribution in [1.29, 1.82) is 0 Å². The second kappa shape index (κ2) is 12.6. The fourth-order valence-corrected chi connectivity index (χ4v) is 3.26. The number of hydrogen-bond donors (Lipinski definition) is 2. The number of aliphatic imine (C=N–C) groups is 1. The van der Waals surface area contributed by atoms with Crippen LogP contribution < -0.4 is 15.4 Å². The maximum Gasteiger partial charge on any atom is 0.191 e. The molecule has 6 heteroatoms. The summed E-state index contributed by atoms with van der Waals surface area (Å²) in [5, 5.41) is 6.76. The molecule has 1 heterocycles. The van der Waals surface area contributed by atoms with Crippen molar-refractivity contribution in [1.82, 2.24) is 15.5 Å². The molecule has 6 nitrogen and oxygen atoms in total. The Hall–Kier alpha value is -1.79. The van der Waals surface area contributed by atoms with Crippen molar-refractivity contribution in [2.75, 3.05) is 45.9 Å². The molecule has 0 saturated carbocycles. The van der Waals surface area contributed by atoms with Crippen molar-refractivity contribution >= 4 is 5.96 Å². The van der Waals surface area contributed by atoms with E-state index in [0.717, 1.165) is 69.4 Å². The van der Waals surface area contributed by atoms with Crippen LogP contribution in [0.2, 0.25) is 0 Å². The molecular formula is C22H38N4O2. The Morgan fingerprint density at radius 3 is 2.75 bits per heavy atom. The predicted octanol–water partition coefficient (Wildman–Crippen LogP) is 2.95. The zero-order valence-electron chi connectivity index (χ0n) is 18.1. The molecule has 0 aliphatic carbocycles. The van der Waals surface area contributed by atoms with Crippen LogP contribution in [-0.2, 0) is 11.3 Å². The summed E-state index contributed by atoms with van der Waals surface area (Å²) in [6.45, 7) is 15.5. The fourth-order valence-electron chi connectivity index (χ4n) is 3.26. The summed E-state index contributed by atoms with van der Waals surface area (Å²) in [6.07, 6.45) is 2.43. The van der Waals surface area contributed by atoms with Gasteiger partial charge in [-0.1, -0.05) is 26.0 Å². The number of likely N-dealkylation sites (N-methyl/N-ethyl adjacent to an activating group) is 1. The first kappa shape index (κ1) is 22.5. The Morgan fingerprint density at radius 2 is 2.07 bits per heavy atom. The van der Waals surface area contributed by atoms with E-state index in [1.54, 1.807) is 0 Å². The van der Waals surface area contributed by atoms with Gasteiger partial charge in [0.2, 0.25) is 0 Å². The fraction of sp³-hybridized carbons (Fsp3) is 0.682. The van der Waals surface area contributed by atoms with E-state index >= 15 is 0 Å². The first-order valence-electron chi connectivity index (χ1n) is 10.7. The number of hydrogen-bond acceptors (Lipinski definition) is 4. The van der Waals surface area contributed by atoms with E-state index in [1.165, 1.54) is 5.56 Å². The van der Waals surface area contributed by atoms with E-state index in [0.29, 0.717) is 13.2 Å². The van der Waals surface area contributed by atoms with E-state index in [2.05, 4.69) is 61.4 Å². The molecule has 2 N–H and O–H groups in total. The predicted molar refractivity (Wildman–Crippen MR) is 116 cm³/mol. The average molecular weight is 391 g/mol. The number of guanidine groups is 1. The van der Waals surface area contributed by atoms with Crippen LogP contribution in [0.3, 0.4) is 0 Å². The third kappa shape index (κ3) is 7.68. The van der Waals surface area contributed by atoms with E-state index in [-0.39, 0.29) is 6.10 Å². The van der Waals surface area contributed by atoms with E-state index < -0.39 is 0 Å². The lowest BCUT2D eigenvalue weighted by atomic mass is 10.1. The molecule has 1 fully saturated rings. The number of benzene rings is 1. The SMILES string of the molecule is CCNC(=NCc1ccc(C)cc1OCC1CCCO1)NCCN(CC)CC. The van der Waals surface area contributed by atoms with Crippen molar-refractivity contribution < 1.29 is 9.47 Å². The number of nitrogens with one attached hydrogen (secondary N) is 2. The smallest absolute Gasteiger partial charge is 0.191 e. The number of rotatable bonds is 11. The summed E-state index contributed by atoms with van der Waals surface area (Å²) in [7, 11) is 0. The molecule has 0 radical (unpaired) electrons. The molecule has 0 amide bonds. The van der Waals surface area contributed by atoms with Gasteiger partial charge in [0.15, 0.2) is 5.96 Å². The molecule has 1 aromatic rings. The minimum atomic E-state index is 0.218. The maximum absolute atomic E-state index is 6.09. The summed E-state index contributed by atoms with van der Waals surface area (Å²) in [6, 6.07) is 6.33. The van der Waals surface area contributed by atoms with Crippen molar-refractivity contribution in [3.05, 3.63) is 29.3 Å². The third-order valence-corrected chi connectivity index (χ3v) is 5.04. The van der Waals surface area contributed by atoms with E-state index in [1.807, 2.05) is 0 Å². The van der Waals surface area contributed by atoms with Crippen LogP contribution in [0.1, 0.15) is 44.7 Å². The van der Waals surface area contributed by atoms with Gasteiger partial charge in [-0.25, -0.2) is 4.99 Å². The van der Waals surface area contributed by atoms with Crippen molar-refractivity contribution in [3.8, 4) is 5.75 Å². The zero-order chi connectivity index (χ0) is 20.2. The monoisotopic (exact) mass is 390 g/mol. The Labute approximate surface area is 170 Å². The van der Waals surface area contributed by atoms with Crippen LogP contribution in [-0.4, -0.2) is 62.9 Å². The molecule has 1 aliphatic rings. The normalized spacial score (nSPS) is 17.2. The molecule has 0 spiro atoms. The molecular weight excluding hydrogens is 352 g/mol. The Kier molecular flexibility index (Phi) is 10.1. The van der Waals surface area contributed by atoms with E-state index in [9.17, 15) is 0 Å². The lowest BCUT2D eigenvalue weighted by Crippen LogP contribution is -2.41. The minimum Gasteiger partial charge on any atom is -0.491 e. The first-order chi connectivity index (χ1) is 13.7. The molecule has 1 atom stereocenters. The molecule has 0 bridgehead atoms. The second-order valence-electron chi connectivity index (χ2n) is 7.21. The van der Waals surface area contributed by atoms with Gasteiger partial charge in [0, 0.05) is 31.8 Å². The highest BCUT2D eigenvalue weighted by Crippen LogP contribution is 2.23. The van der Waals surface area contributed by atoms with Crippen molar-refractivity contribution in [2.45, 2.75) is 53.2 Å². The van der Waals surface area contributed by atoms with Gasteiger partial charge in [-0.3, -0.25) is 0 Å². The summed E-state index contributed by atoms with van der Waals surface area (Å²) in [4.78, 5) is 7.16. The average Bonchev–Trinajstić information content (AvgIpc) is 3.22. The second-order valence-corrected chi connectivity index (χ2v) is 7.21. The van der Waals surface area contributed by atoms with Crippen molar-refractivity contribution in [3.63, 3.8) is 0 Å². The van der Waals surface area contributed by atoms with Crippen LogP contribution in [0.25, 0.3) is 0 Å². The highest BCUT2D eigenvalue weighted by Gasteiger charge is 2.17. The first-order valence-corrected chi connectivity index (χ1v) is 10.7. The highest BCUT2D eigenvalue weighted by molar-refractivity contribution is 5.79.